The molecule has 0 bridgehead atoms. The summed E-state index contributed by atoms with van der Waals surface area (Å²) in [7, 11) is -3.97. The molecule has 2 aromatic carbocycles. The summed E-state index contributed by atoms with van der Waals surface area (Å²) in [5.41, 5.74) is -1.44. The topological polar surface area (TPSA) is 84.2 Å². The number of nitrogens with zero attached hydrogens (tertiary/aromatic N) is 1. The van der Waals surface area contributed by atoms with Crippen LogP contribution >= 0.6 is 0 Å². The van der Waals surface area contributed by atoms with Gasteiger partial charge in [-0.25, -0.2) is 12.8 Å². The lowest BCUT2D eigenvalue weighted by atomic mass is 10.0. The first-order chi connectivity index (χ1) is 12.4. The Balaban J connectivity index is 2.13. The van der Waals surface area contributed by atoms with Gasteiger partial charge < -0.3 is 4.74 Å². The Morgan fingerprint density at radius 3 is 2.35 bits per heavy atom. The third-order valence-corrected chi connectivity index (χ3v) is 6.81. The summed E-state index contributed by atoms with van der Waals surface area (Å²) in [6.07, 6.45) is 0. The minimum atomic E-state index is -3.97. The van der Waals surface area contributed by atoms with E-state index in [2.05, 4.69) is 0 Å². The van der Waals surface area contributed by atoms with Crippen LogP contribution in [0.3, 0.4) is 0 Å². The smallest absolute Gasteiger partial charge is 0.328 e. The molecule has 0 spiro atoms. The van der Waals surface area contributed by atoms with Crippen molar-refractivity contribution in [3.63, 3.8) is 0 Å². The Morgan fingerprint density at radius 1 is 1.19 bits per heavy atom. The third-order valence-electron chi connectivity index (χ3n) is 4.57. The average Bonchev–Trinajstić information content (AvgIpc) is 3.35. The number of hydrogen-bond acceptors (Lipinski definition) is 5. The normalized spacial score (nSPS) is 24.5. The Kier molecular flexibility index (Phi) is 4.55. The van der Waals surface area contributed by atoms with Gasteiger partial charge in [0.15, 0.2) is 15.3 Å². The highest BCUT2D eigenvalue weighted by molar-refractivity contribution is 7.92. The number of sulfone groups is 1. The second-order valence-corrected chi connectivity index (χ2v) is 8.08. The van der Waals surface area contributed by atoms with Crippen molar-refractivity contribution in [3.05, 3.63) is 66.0 Å². The van der Waals surface area contributed by atoms with Crippen molar-refractivity contribution in [2.75, 3.05) is 6.61 Å². The molecular formula is C19H16FNO4S. The van der Waals surface area contributed by atoms with E-state index in [0.717, 1.165) is 0 Å². The molecule has 134 valence electrons. The second kappa shape index (κ2) is 6.54. The summed E-state index contributed by atoms with van der Waals surface area (Å²) < 4.78 is 44.4. The minimum absolute atomic E-state index is 0.0243. The molecule has 0 radical (unpaired) electrons. The Hall–Kier alpha value is -2.72. The van der Waals surface area contributed by atoms with Crippen LogP contribution in [-0.2, 0) is 19.4 Å². The molecule has 1 aliphatic carbocycles. The van der Waals surface area contributed by atoms with Gasteiger partial charge in [-0.1, -0.05) is 30.3 Å². The summed E-state index contributed by atoms with van der Waals surface area (Å²) >= 11 is 0. The van der Waals surface area contributed by atoms with Crippen LogP contribution in [0.1, 0.15) is 18.4 Å². The maximum atomic E-state index is 13.2. The molecule has 0 heterocycles. The van der Waals surface area contributed by atoms with E-state index in [9.17, 15) is 22.9 Å². The van der Waals surface area contributed by atoms with Gasteiger partial charge >= 0.3 is 5.97 Å². The molecule has 0 aliphatic heterocycles. The molecule has 3 unspecified atom stereocenters. The van der Waals surface area contributed by atoms with E-state index in [4.69, 9.17) is 4.74 Å². The lowest BCUT2D eigenvalue weighted by molar-refractivity contribution is -0.147. The summed E-state index contributed by atoms with van der Waals surface area (Å²) in [4.78, 5) is 12.5. The van der Waals surface area contributed by atoms with Crippen molar-refractivity contribution in [1.82, 2.24) is 0 Å². The Bertz CT molecular complexity index is 967. The number of halogens is 1. The number of hydrogen-bond donors (Lipinski definition) is 0. The molecule has 7 heteroatoms. The number of benzene rings is 2. The number of carbonyl (C=O) groups is 1. The highest BCUT2D eigenvalue weighted by atomic mass is 32.2. The monoisotopic (exact) mass is 373 g/mol. The Labute approximate surface area is 150 Å². The van der Waals surface area contributed by atoms with E-state index in [0.29, 0.717) is 5.56 Å². The quantitative estimate of drug-likeness (QED) is 0.753. The van der Waals surface area contributed by atoms with Crippen molar-refractivity contribution in [1.29, 1.82) is 5.26 Å². The highest BCUT2D eigenvalue weighted by Gasteiger charge is 2.77. The number of esters is 1. The van der Waals surface area contributed by atoms with Crippen molar-refractivity contribution >= 4 is 15.8 Å². The molecule has 5 nitrogen and oxygen atoms in total. The van der Waals surface area contributed by atoms with E-state index in [-0.39, 0.29) is 11.5 Å². The van der Waals surface area contributed by atoms with Crippen molar-refractivity contribution in [2.24, 2.45) is 5.41 Å². The molecule has 0 aromatic heterocycles. The first-order valence-electron chi connectivity index (χ1n) is 8.02. The number of ether oxygens (including phenoxy) is 1. The fourth-order valence-electron chi connectivity index (χ4n) is 3.32. The SMILES string of the molecule is CCOC(=O)C1(C#N)C(c2ccc(F)cc2)C1S(=O)(=O)c1ccccc1. The molecule has 3 atom stereocenters. The fourth-order valence-corrected chi connectivity index (χ4v) is 5.58. The number of nitriles is 1. The van der Waals surface area contributed by atoms with Crippen molar-refractivity contribution in [3.8, 4) is 6.07 Å². The second-order valence-electron chi connectivity index (χ2n) is 6.01. The molecule has 1 fully saturated rings. The van der Waals surface area contributed by atoms with Gasteiger partial charge in [-0.05, 0) is 36.8 Å². The van der Waals surface area contributed by atoms with Crippen molar-refractivity contribution in [2.45, 2.75) is 23.0 Å². The molecule has 26 heavy (non-hydrogen) atoms. The van der Waals surface area contributed by atoms with Gasteiger partial charge in [-0.2, -0.15) is 5.26 Å². The van der Waals surface area contributed by atoms with Gasteiger partial charge in [-0.3, -0.25) is 4.79 Å². The largest absolute Gasteiger partial charge is 0.465 e. The molecule has 1 saturated carbocycles. The van der Waals surface area contributed by atoms with E-state index in [1.54, 1.807) is 25.1 Å². The lowest BCUT2D eigenvalue weighted by Gasteiger charge is -2.09. The predicted octanol–water partition coefficient (Wildman–Crippen LogP) is 2.84. The summed E-state index contributed by atoms with van der Waals surface area (Å²) in [5, 5.41) is 8.45. The highest BCUT2D eigenvalue weighted by Crippen LogP contribution is 2.64. The van der Waals surface area contributed by atoms with Gasteiger partial charge in [0.25, 0.3) is 0 Å². The fraction of sp³-hybridized carbons (Fsp3) is 0.263. The zero-order valence-electron chi connectivity index (χ0n) is 13.9. The predicted molar refractivity (Wildman–Crippen MR) is 91.2 cm³/mol. The number of carbonyl (C=O) groups excluding carboxylic acids is 1. The van der Waals surface area contributed by atoms with Gasteiger partial charge in [0.1, 0.15) is 11.1 Å². The van der Waals surface area contributed by atoms with Gasteiger partial charge in [0.2, 0.25) is 0 Å². The standard InChI is InChI=1S/C19H16FNO4S/c1-2-25-18(22)19(12-21)16(13-8-10-14(20)11-9-13)17(19)26(23,24)15-6-4-3-5-7-15/h3-11,16-17H,2H2,1H3. The maximum absolute atomic E-state index is 13.2. The van der Waals surface area contributed by atoms with Gasteiger partial charge in [0.05, 0.1) is 17.6 Å². The van der Waals surface area contributed by atoms with Crippen LogP contribution in [0.25, 0.3) is 0 Å². The zero-order valence-corrected chi connectivity index (χ0v) is 14.7. The first-order valence-corrected chi connectivity index (χ1v) is 9.57. The van der Waals surface area contributed by atoms with Crippen molar-refractivity contribution < 1.29 is 22.3 Å². The molecule has 2 aromatic rings. The van der Waals surface area contributed by atoms with Crippen LogP contribution < -0.4 is 0 Å². The minimum Gasteiger partial charge on any atom is -0.465 e. The summed E-state index contributed by atoms with van der Waals surface area (Å²) in [6.45, 7) is 1.61. The van der Waals surface area contributed by atoms with Crippen LogP contribution in [0.15, 0.2) is 59.5 Å². The van der Waals surface area contributed by atoms with Crippen LogP contribution in [0.4, 0.5) is 4.39 Å². The zero-order chi connectivity index (χ0) is 18.9. The van der Waals surface area contributed by atoms with Crippen LogP contribution in [-0.4, -0.2) is 26.2 Å². The van der Waals surface area contributed by atoms with E-state index >= 15 is 0 Å². The summed E-state index contributed by atoms with van der Waals surface area (Å²) in [5.74, 6) is -2.28. The maximum Gasteiger partial charge on any atom is 0.328 e. The molecule has 1 aliphatic rings. The average molecular weight is 373 g/mol. The molecule has 0 saturated heterocycles. The molecular weight excluding hydrogens is 357 g/mol. The number of rotatable bonds is 5. The van der Waals surface area contributed by atoms with Crippen LogP contribution in [0.2, 0.25) is 0 Å². The van der Waals surface area contributed by atoms with E-state index < -0.39 is 38.2 Å². The summed E-state index contributed by atoms with van der Waals surface area (Å²) in [6, 6.07) is 14.7. The van der Waals surface area contributed by atoms with Gasteiger partial charge in [-0.15, -0.1) is 0 Å². The van der Waals surface area contributed by atoms with E-state index in [1.165, 1.54) is 36.4 Å². The third kappa shape index (κ3) is 2.67. The first kappa shape index (κ1) is 18.1. The molecule has 3 rings (SSSR count). The molecule has 0 amide bonds. The molecule has 0 N–H and O–H groups in total. The van der Waals surface area contributed by atoms with Crippen LogP contribution in [0, 0.1) is 22.6 Å². The van der Waals surface area contributed by atoms with Crippen LogP contribution in [0.5, 0.6) is 0 Å². The van der Waals surface area contributed by atoms with E-state index in [1.807, 2.05) is 6.07 Å². The van der Waals surface area contributed by atoms with Gasteiger partial charge in [0, 0.05) is 5.92 Å². The lowest BCUT2D eigenvalue weighted by Crippen LogP contribution is -2.25. The Morgan fingerprint density at radius 2 is 1.81 bits per heavy atom.